The molecule has 0 N–H and O–H groups in total. The van der Waals surface area contributed by atoms with E-state index in [1.165, 1.54) is 30.3 Å². The number of halogens is 4. The number of fused-ring (bicyclic) bond motifs is 1. The van der Waals surface area contributed by atoms with Crippen LogP contribution in [0.3, 0.4) is 0 Å². The van der Waals surface area contributed by atoms with Crippen LogP contribution in [-0.2, 0) is 6.18 Å². The summed E-state index contributed by atoms with van der Waals surface area (Å²) in [7, 11) is 1.97. The van der Waals surface area contributed by atoms with Crippen molar-refractivity contribution >= 4 is 16.9 Å². The average molecular weight is 418 g/mol. The molecule has 9 heteroatoms. The number of carbonyl (C=O) groups is 1. The molecule has 0 radical (unpaired) electrons. The molecule has 0 unspecified atom stereocenters. The monoisotopic (exact) mass is 418 g/mol. The fourth-order valence-corrected chi connectivity index (χ4v) is 3.39. The molecule has 1 saturated heterocycles. The summed E-state index contributed by atoms with van der Waals surface area (Å²) in [5, 5.41) is 0. The molecule has 1 aliphatic heterocycles. The molecular formula is C21H18F4N4O. The molecular weight excluding hydrogens is 400 g/mol. The Morgan fingerprint density at radius 2 is 1.60 bits per heavy atom. The molecule has 0 bridgehead atoms. The van der Waals surface area contributed by atoms with Gasteiger partial charge in [-0.3, -0.25) is 4.79 Å². The lowest BCUT2D eigenvalue weighted by molar-refractivity contribution is -0.140. The van der Waals surface area contributed by atoms with Crippen LogP contribution in [0.15, 0.2) is 42.5 Å². The average Bonchev–Trinajstić information content (AvgIpc) is 2.72. The van der Waals surface area contributed by atoms with Crippen molar-refractivity contribution in [3.63, 3.8) is 0 Å². The molecule has 2 aromatic carbocycles. The minimum atomic E-state index is -4.74. The van der Waals surface area contributed by atoms with Gasteiger partial charge >= 0.3 is 6.18 Å². The molecule has 1 fully saturated rings. The summed E-state index contributed by atoms with van der Waals surface area (Å²) >= 11 is 0. The standard InChI is InChI=1S/C21H18F4N4O/c1-28-8-10-29(11-9-28)20(30)14-4-7-16-17(12-14)26-18(19(27-16)21(23,24)25)13-2-5-15(22)6-3-13/h2-7,12H,8-11H2,1H3. The molecule has 1 amide bonds. The lowest BCUT2D eigenvalue weighted by Crippen LogP contribution is -2.47. The summed E-state index contributed by atoms with van der Waals surface area (Å²) in [4.78, 5) is 24.5. The number of hydrogen-bond acceptors (Lipinski definition) is 4. The van der Waals surface area contributed by atoms with Crippen LogP contribution in [0, 0.1) is 5.82 Å². The molecule has 1 aliphatic rings. The van der Waals surface area contributed by atoms with Gasteiger partial charge in [0.1, 0.15) is 11.5 Å². The summed E-state index contributed by atoms with van der Waals surface area (Å²) < 4.78 is 54.0. The van der Waals surface area contributed by atoms with Crippen LogP contribution in [0.4, 0.5) is 17.6 Å². The second kappa shape index (κ2) is 7.64. The van der Waals surface area contributed by atoms with Gasteiger partial charge in [-0.25, -0.2) is 14.4 Å². The topological polar surface area (TPSA) is 49.3 Å². The Bertz CT molecular complexity index is 1090. The van der Waals surface area contributed by atoms with E-state index in [0.29, 0.717) is 18.7 Å². The summed E-state index contributed by atoms with van der Waals surface area (Å²) in [6.45, 7) is 2.66. The number of carbonyl (C=O) groups excluding carboxylic acids is 1. The first-order chi connectivity index (χ1) is 14.2. The SMILES string of the molecule is CN1CCN(C(=O)c2ccc3nc(C(F)(F)F)c(-c4ccc(F)cc4)nc3c2)CC1. The van der Waals surface area contributed by atoms with E-state index in [9.17, 15) is 22.4 Å². The maximum Gasteiger partial charge on any atom is 0.435 e. The number of hydrogen-bond donors (Lipinski definition) is 0. The van der Waals surface area contributed by atoms with E-state index < -0.39 is 23.4 Å². The lowest BCUT2D eigenvalue weighted by Gasteiger charge is -2.32. The third-order valence-corrected chi connectivity index (χ3v) is 5.09. The van der Waals surface area contributed by atoms with Crippen LogP contribution >= 0.6 is 0 Å². The van der Waals surface area contributed by atoms with Crippen LogP contribution in [0.25, 0.3) is 22.3 Å². The Balaban J connectivity index is 1.78. The molecule has 156 valence electrons. The second-order valence-electron chi connectivity index (χ2n) is 7.22. The van der Waals surface area contributed by atoms with Crippen LogP contribution < -0.4 is 0 Å². The largest absolute Gasteiger partial charge is 0.435 e. The highest BCUT2D eigenvalue weighted by atomic mass is 19.4. The minimum absolute atomic E-state index is 0.0307. The summed E-state index contributed by atoms with van der Waals surface area (Å²) in [6, 6.07) is 8.86. The molecule has 3 aromatic rings. The van der Waals surface area contributed by atoms with E-state index in [1.807, 2.05) is 7.05 Å². The van der Waals surface area contributed by atoms with Gasteiger partial charge in [-0.1, -0.05) is 0 Å². The number of benzene rings is 2. The number of aromatic nitrogens is 2. The highest BCUT2D eigenvalue weighted by molar-refractivity contribution is 5.97. The van der Waals surface area contributed by atoms with Crippen LogP contribution in [0.2, 0.25) is 0 Å². The maximum absolute atomic E-state index is 13.6. The van der Waals surface area contributed by atoms with E-state index in [0.717, 1.165) is 25.2 Å². The van der Waals surface area contributed by atoms with E-state index >= 15 is 0 Å². The highest BCUT2D eigenvalue weighted by Crippen LogP contribution is 2.36. The molecule has 4 rings (SSSR count). The van der Waals surface area contributed by atoms with Crippen molar-refractivity contribution in [3.05, 3.63) is 59.5 Å². The Morgan fingerprint density at radius 3 is 2.23 bits per heavy atom. The van der Waals surface area contributed by atoms with Crippen molar-refractivity contribution in [1.82, 2.24) is 19.8 Å². The molecule has 0 spiro atoms. The number of alkyl halides is 3. The first-order valence-corrected chi connectivity index (χ1v) is 9.35. The first-order valence-electron chi connectivity index (χ1n) is 9.35. The van der Waals surface area contributed by atoms with Gasteiger partial charge in [-0.05, 0) is 49.5 Å². The number of nitrogens with zero attached hydrogens (tertiary/aromatic N) is 4. The van der Waals surface area contributed by atoms with E-state index in [1.54, 1.807) is 4.90 Å². The van der Waals surface area contributed by atoms with Gasteiger partial charge in [-0.2, -0.15) is 13.2 Å². The molecule has 2 heterocycles. The fraction of sp³-hybridized carbons (Fsp3) is 0.286. The second-order valence-corrected chi connectivity index (χ2v) is 7.22. The number of likely N-dealkylation sites (N-methyl/N-ethyl adjacent to an activating group) is 1. The molecule has 0 atom stereocenters. The molecule has 1 aromatic heterocycles. The lowest BCUT2D eigenvalue weighted by atomic mass is 10.1. The third-order valence-electron chi connectivity index (χ3n) is 5.09. The zero-order valence-electron chi connectivity index (χ0n) is 16.1. The smallest absolute Gasteiger partial charge is 0.336 e. The van der Waals surface area contributed by atoms with E-state index in [-0.39, 0.29) is 22.5 Å². The summed E-state index contributed by atoms with van der Waals surface area (Å²) in [5.74, 6) is -0.767. The molecule has 5 nitrogen and oxygen atoms in total. The van der Waals surface area contributed by atoms with Gasteiger partial charge < -0.3 is 9.80 Å². The Labute approximate surface area is 170 Å². The van der Waals surface area contributed by atoms with E-state index in [4.69, 9.17) is 0 Å². The first kappa shape index (κ1) is 20.2. The van der Waals surface area contributed by atoms with Crippen molar-refractivity contribution < 1.29 is 22.4 Å². The van der Waals surface area contributed by atoms with Gasteiger partial charge in [0.25, 0.3) is 5.91 Å². The third kappa shape index (κ3) is 3.97. The van der Waals surface area contributed by atoms with Gasteiger partial charge in [0.05, 0.1) is 11.0 Å². The highest BCUT2D eigenvalue weighted by Gasteiger charge is 2.37. The summed E-state index contributed by atoms with van der Waals surface area (Å²) in [5.41, 5.74) is -0.926. The Morgan fingerprint density at radius 1 is 0.933 bits per heavy atom. The predicted octanol–water partition coefficient (Wildman–Crippen LogP) is 3.84. The normalized spacial score (nSPS) is 15.6. The fourth-order valence-electron chi connectivity index (χ4n) is 3.39. The quantitative estimate of drug-likeness (QED) is 0.594. The Kier molecular flexibility index (Phi) is 5.15. The van der Waals surface area contributed by atoms with Crippen LogP contribution in [0.1, 0.15) is 16.1 Å². The number of rotatable bonds is 2. The molecule has 0 saturated carbocycles. The minimum Gasteiger partial charge on any atom is -0.336 e. The molecule has 30 heavy (non-hydrogen) atoms. The van der Waals surface area contributed by atoms with Crippen LogP contribution in [0.5, 0.6) is 0 Å². The van der Waals surface area contributed by atoms with Crippen molar-refractivity contribution in [2.24, 2.45) is 0 Å². The number of piperazine rings is 1. The van der Waals surface area contributed by atoms with Crippen LogP contribution in [-0.4, -0.2) is 58.9 Å². The zero-order valence-corrected chi connectivity index (χ0v) is 16.1. The Hall–Kier alpha value is -3.07. The van der Waals surface area contributed by atoms with Gasteiger partial charge in [-0.15, -0.1) is 0 Å². The van der Waals surface area contributed by atoms with Crippen molar-refractivity contribution in [2.45, 2.75) is 6.18 Å². The summed E-state index contributed by atoms with van der Waals surface area (Å²) in [6.07, 6.45) is -4.74. The number of amides is 1. The van der Waals surface area contributed by atoms with Crippen molar-refractivity contribution in [2.75, 3.05) is 33.2 Å². The van der Waals surface area contributed by atoms with Crippen molar-refractivity contribution in [1.29, 1.82) is 0 Å². The predicted molar refractivity (Wildman–Crippen MR) is 103 cm³/mol. The van der Waals surface area contributed by atoms with Gasteiger partial charge in [0, 0.05) is 37.3 Å². The van der Waals surface area contributed by atoms with Crippen molar-refractivity contribution in [3.8, 4) is 11.3 Å². The van der Waals surface area contributed by atoms with Gasteiger partial charge in [0.15, 0.2) is 5.69 Å². The maximum atomic E-state index is 13.6. The van der Waals surface area contributed by atoms with Gasteiger partial charge in [0.2, 0.25) is 0 Å². The zero-order chi connectivity index (χ0) is 21.5. The van der Waals surface area contributed by atoms with E-state index in [2.05, 4.69) is 14.9 Å². The molecule has 0 aliphatic carbocycles.